The molecule has 1 atom stereocenters. The second-order valence-electron chi connectivity index (χ2n) is 6.90. The molecule has 0 aliphatic heterocycles. The standard InChI is InChI=1S/C17H34N2O/c1-14(2)16(11-12-18)9-10-17(20)19(3)13-15-7-5-4-6-8-15/h14-16H,4-13,18H2,1-3H3. The van der Waals surface area contributed by atoms with Gasteiger partial charge in [0.15, 0.2) is 0 Å². The lowest BCUT2D eigenvalue weighted by Crippen LogP contribution is -2.33. The normalized spacial score (nSPS) is 18.2. The zero-order valence-electron chi connectivity index (χ0n) is 13.7. The second-order valence-corrected chi connectivity index (χ2v) is 6.90. The summed E-state index contributed by atoms with van der Waals surface area (Å²) in [6.07, 6.45) is 9.39. The zero-order valence-corrected chi connectivity index (χ0v) is 13.7. The van der Waals surface area contributed by atoms with Crippen LogP contribution in [0.1, 0.15) is 65.2 Å². The SMILES string of the molecule is CC(C)C(CCN)CCC(=O)N(C)CC1CCCCC1. The molecule has 2 N–H and O–H groups in total. The number of hydrogen-bond donors (Lipinski definition) is 1. The first-order valence-electron chi connectivity index (χ1n) is 8.48. The van der Waals surface area contributed by atoms with Crippen molar-refractivity contribution < 1.29 is 4.79 Å². The Morgan fingerprint density at radius 2 is 1.85 bits per heavy atom. The van der Waals surface area contributed by atoms with E-state index >= 15 is 0 Å². The summed E-state index contributed by atoms with van der Waals surface area (Å²) in [7, 11) is 1.98. The van der Waals surface area contributed by atoms with E-state index in [4.69, 9.17) is 5.73 Å². The zero-order chi connectivity index (χ0) is 15.0. The van der Waals surface area contributed by atoms with Crippen LogP contribution in [0.3, 0.4) is 0 Å². The third kappa shape index (κ3) is 6.25. The molecule has 20 heavy (non-hydrogen) atoms. The van der Waals surface area contributed by atoms with Gasteiger partial charge in [-0.2, -0.15) is 0 Å². The number of hydrogen-bond acceptors (Lipinski definition) is 2. The second kappa shape index (κ2) is 9.38. The summed E-state index contributed by atoms with van der Waals surface area (Å²) in [4.78, 5) is 14.2. The minimum atomic E-state index is 0.318. The van der Waals surface area contributed by atoms with E-state index < -0.39 is 0 Å². The van der Waals surface area contributed by atoms with Crippen molar-refractivity contribution in [3.8, 4) is 0 Å². The van der Waals surface area contributed by atoms with Crippen LogP contribution in [0.4, 0.5) is 0 Å². The Morgan fingerprint density at radius 3 is 2.40 bits per heavy atom. The van der Waals surface area contributed by atoms with Crippen LogP contribution >= 0.6 is 0 Å². The van der Waals surface area contributed by atoms with E-state index in [0.717, 1.165) is 31.8 Å². The van der Waals surface area contributed by atoms with Crippen molar-refractivity contribution in [3.05, 3.63) is 0 Å². The van der Waals surface area contributed by atoms with E-state index in [1.807, 2.05) is 11.9 Å². The summed E-state index contributed by atoms with van der Waals surface area (Å²) < 4.78 is 0. The molecule has 1 rings (SSSR count). The van der Waals surface area contributed by atoms with Gasteiger partial charge < -0.3 is 10.6 Å². The maximum Gasteiger partial charge on any atom is 0.222 e. The molecule has 0 spiro atoms. The van der Waals surface area contributed by atoms with Crippen LogP contribution in [-0.4, -0.2) is 30.9 Å². The van der Waals surface area contributed by atoms with Gasteiger partial charge >= 0.3 is 0 Å². The number of carbonyl (C=O) groups excluding carboxylic acids is 1. The number of amides is 1. The maximum absolute atomic E-state index is 12.2. The summed E-state index contributed by atoms with van der Waals surface area (Å²) in [6, 6.07) is 0. The molecular weight excluding hydrogens is 248 g/mol. The van der Waals surface area contributed by atoms with Crippen LogP contribution in [-0.2, 0) is 4.79 Å². The Labute approximate surface area is 125 Å². The highest BCUT2D eigenvalue weighted by atomic mass is 16.2. The molecule has 3 nitrogen and oxygen atoms in total. The smallest absolute Gasteiger partial charge is 0.222 e. The van der Waals surface area contributed by atoms with Gasteiger partial charge in [0.1, 0.15) is 0 Å². The largest absolute Gasteiger partial charge is 0.345 e. The Morgan fingerprint density at radius 1 is 1.20 bits per heavy atom. The Balaban J connectivity index is 2.29. The van der Waals surface area contributed by atoms with E-state index in [-0.39, 0.29) is 0 Å². The molecule has 0 saturated heterocycles. The first-order valence-corrected chi connectivity index (χ1v) is 8.48. The van der Waals surface area contributed by atoms with Gasteiger partial charge in [-0.05, 0) is 50.0 Å². The molecule has 3 heteroatoms. The topological polar surface area (TPSA) is 46.3 Å². The highest BCUT2D eigenvalue weighted by molar-refractivity contribution is 5.75. The van der Waals surface area contributed by atoms with Gasteiger partial charge in [-0.15, -0.1) is 0 Å². The lowest BCUT2D eigenvalue weighted by atomic mass is 9.87. The molecule has 1 aliphatic rings. The predicted octanol–water partition coefficient (Wildman–Crippen LogP) is 3.43. The highest BCUT2D eigenvalue weighted by Gasteiger charge is 2.20. The fourth-order valence-corrected chi connectivity index (χ4v) is 3.38. The Bertz CT molecular complexity index is 272. The lowest BCUT2D eigenvalue weighted by Gasteiger charge is -2.28. The van der Waals surface area contributed by atoms with Gasteiger partial charge in [0, 0.05) is 20.0 Å². The molecule has 1 unspecified atom stereocenters. The minimum Gasteiger partial charge on any atom is -0.345 e. The molecule has 0 aromatic rings. The van der Waals surface area contributed by atoms with Crippen LogP contribution < -0.4 is 5.73 Å². The van der Waals surface area contributed by atoms with Crippen LogP contribution in [0.15, 0.2) is 0 Å². The average molecular weight is 282 g/mol. The van der Waals surface area contributed by atoms with E-state index in [0.29, 0.717) is 24.2 Å². The molecule has 0 bridgehead atoms. The third-order valence-corrected chi connectivity index (χ3v) is 4.89. The van der Waals surface area contributed by atoms with Gasteiger partial charge in [0.25, 0.3) is 0 Å². The van der Waals surface area contributed by atoms with E-state index in [2.05, 4.69) is 13.8 Å². The van der Waals surface area contributed by atoms with Crippen LogP contribution in [0.2, 0.25) is 0 Å². The number of rotatable bonds is 8. The van der Waals surface area contributed by atoms with Crippen molar-refractivity contribution in [3.63, 3.8) is 0 Å². The molecule has 1 amide bonds. The summed E-state index contributed by atoms with van der Waals surface area (Å²) in [5.74, 6) is 2.27. The van der Waals surface area contributed by atoms with Gasteiger partial charge in [-0.3, -0.25) is 4.79 Å². The van der Waals surface area contributed by atoms with Crippen molar-refractivity contribution >= 4 is 5.91 Å². The predicted molar refractivity (Wildman–Crippen MR) is 85.4 cm³/mol. The number of nitrogens with zero attached hydrogens (tertiary/aromatic N) is 1. The lowest BCUT2D eigenvalue weighted by molar-refractivity contribution is -0.131. The minimum absolute atomic E-state index is 0.318. The number of nitrogens with two attached hydrogens (primary N) is 1. The quantitative estimate of drug-likeness (QED) is 0.741. The molecule has 0 heterocycles. The molecular formula is C17H34N2O. The molecule has 0 aromatic heterocycles. The fraction of sp³-hybridized carbons (Fsp3) is 0.941. The molecule has 1 saturated carbocycles. The average Bonchev–Trinajstić information content (AvgIpc) is 2.43. The van der Waals surface area contributed by atoms with Crippen molar-refractivity contribution in [1.29, 1.82) is 0 Å². The van der Waals surface area contributed by atoms with Gasteiger partial charge in [-0.25, -0.2) is 0 Å². The van der Waals surface area contributed by atoms with Crippen molar-refractivity contribution in [2.24, 2.45) is 23.5 Å². The maximum atomic E-state index is 12.2. The summed E-state index contributed by atoms with van der Waals surface area (Å²) in [6.45, 7) is 6.16. The first kappa shape index (κ1) is 17.5. The summed E-state index contributed by atoms with van der Waals surface area (Å²) in [5.41, 5.74) is 5.66. The highest BCUT2D eigenvalue weighted by Crippen LogP contribution is 2.25. The van der Waals surface area contributed by atoms with Crippen molar-refractivity contribution in [1.82, 2.24) is 4.90 Å². The Kier molecular flexibility index (Phi) is 8.20. The van der Waals surface area contributed by atoms with Gasteiger partial charge in [0.2, 0.25) is 5.91 Å². The van der Waals surface area contributed by atoms with E-state index in [9.17, 15) is 4.79 Å². The summed E-state index contributed by atoms with van der Waals surface area (Å²) >= 11 is 0. The number of carbonyl (C=O) groups is 1. The van der Waals surface area contributed by atoms with Crippen molar-refractivity contribution in [2.75, 3.05) is 20.1 Å². The fourth-order valence-electron chi connectivity index (χ4n) is 3.38. The first-order chi connectivity index (χ1) is 9.54. The van der Waals surface area contributed by atoms with E-state index in [1.54, 1.807) is 0 Å². The van der Waals surface area contributed by atoms with Crippen LogP contribution in [0.5, 0.6) is 0 Å². The molecule has 0 aromatic carbocycles. The van der Waals surface area contributed by atoms with Crippen LogP contribution in [0.25, 0.3) is 0 Å². The van der Waals surface area contributed by atoms with Crippen molar-refractivity contribution in [2.45, 2.75) is 65.2 Å². The van der Waals surface area contributed by atoms with Gasteiger partial charge in [-0.1, -0.05) is 33.1 Å². The molecule has 0 radical (unpaired) electrons. The Hall–Kier alpha value is -0.570. The molecule has 1 fully saturated rings. The third-order valence-electron chi connectivity index (χ3n) is 4.89. The monoisotopic (exact) mass is 282 g/mol. The summed E-state index contributed by atoms with van der Waals surface area (Å²) in [5, 5.41) is 0. The van der Waals surface area contributed by atoms with E-state index in [1.165, 1.54) is 32.1 Å². The molecule has 1 aliphatic carbocycles. The molecule has 118 valence electrons. The van der Waals surface area contributed by atoms with Crippen LogP contribution in [0, 0.1) is 17.8 Å². The van der Waals surface area contributed by atoms with Gasteiger partial charge in [0.05, 0.1) is 0 Å².